The molecule has 5 heteroatoms. The molecule has 0 amide bonds. The van der Waals surface area contributed by atoms with E-state index in [9.17, 15) is 0 Å². The molecule has 0 aliphatic carbocycles. The largest absolute Gasteiger partial charge is 0.476 e. The lowest BCUT2D eigenvalue weighted by atomic mass is 10.4. The molecule has 0 aromatic rings. The molecule has 0 atom stereocenters. The van der Waals surface area contributed by atoms with E-state index in [2.05, 4.69) is 57.4 Å². The molecule has 2 nitrogen and oxygen atoms in total. The van der Waals surface area contributed by atoms with Crippen LogP contribution >= 0.6 is 43.6 Å². The molecule has 0 aliphatic heterocycles. The van der Waals surface area contributed by atoms with Crippen LogP contribution in [-0.2, 0) is 8.85 Å². The van der Waals surface area contributed by atoms with Crippen molar-refractivity contribution < 1.29 is 8.85 Å². The lowest BCUT2D eigenvalue weighted by Gasteiger charge is -2.18. The van der Waals surface area contributed by atoms with Gasteiger partial charge >= 0.3 is 3.55 Å². The third-order valence-corrected chi connectivity index (χ3v) is 6.35. The minimum absolute atomic E-state index is 0.848. The van der Waals surface area contributed by atoms with Crippen molar-refractivity contribution in [1.29, 1.82) is 0 Å². The van der Waals surface area contributed by atoms with Crippen molar-refractivity contribution in [1.82, 2.24) is 0 Å². The predicted molar refractivity (Wildman–Crippen MR) is 75.5 cm³/mol. The van der Waals surface area contributed by atoms with Crippen LogP contribution in [0.2, 0.25) is 0 Å². The third-order valence-electron chi connectivity index (χ3n) is 1.54. The van der Waals surface area contributed by atoms with Gasteiger partial charge in [0.15, 0.2) is 0 Å². The summed E-state index contributed by atoms with van der Waals surface area (Å²) in [5.74, 6) is 0. The van der Waals surface area contributed by atoms with Crippen LogP contribution in [-0.4, -0.2) is 16.8 Å². The molecule has 0 fully saturated rings. The van der Waals surface area contributed by atoms with Crippen LogP contribution in [0.25, 0.3) is 0 Å². The first-order chi connectivity index (χ1) is 6.12. The monoisotopic (exact) mass is 428 g/mol. The molecule has 0 saturated heterocycles. The number of rotatable bonds is 8. The molecule has 13 heavy (non-hydrogen) atoms. The molecule has 0 aliphatic rings. The van der Waals surface area contributed by atoms with Gasteiger partial charge in [-0.05, 0) is 56.4 Å². The molecule has 0 radical (unpaired) electrons. The maximum absolute atomic E-state index is 5.71. The zero-order valence-corrected chi connectivity index (χ0v) is 13.6. The van der Waals surface area contributed by atoms with Gasteiger partial charge in [0, 0.05) is 13.2 Å². The zero-order valence-electron chi connectivity index (χ0n) is 8.32. The second-order valence-corrected chi connectivity index (χ2v) is 19.1. The van der Waals surface area contributed by atoms with Crippen molar-refractivity contribution in [3.63, 3.8) is 0 Å². The number of hydrogen-bond acceptors (Lipinski definition) is 2. The Kier molecular flexibility index (Phi) is 9.96. The van der Waals surface area contributed by atoms with E-state index in [1.807, 2.05) is 0 Å². The quantitative estimate of drug-likeness (QED) is 0.253. The van der Waals surface area contributed by atoms with Gasteiger partial charge in [-0.2, -0.15) is 0 Å². The lowest BCUT2D eigenvalue weighted by Crippen LogP contribution is -2.28. The highest BCUT2D eigenvalue weighted by molar-refractivity contribution is 14.3. The Bertz CT molecular complexity index is 111. The second-order valence-electron chi connectivity index (χ2n) is 2.87. The van der Waals surface area contributed by atoms with Gasteiger partial charge in [-0.15, -0.1) is 0 Å². The Morgan fingerprint density at radius 2 is 1.31 bits per heavy atom. The van der Waals surface area contributed by atoms with Gasteiger partial charge < -0.3 is 8.85 Å². The van der Waals surface area contributed by atoms with E-state index in [4.69, 9.17) is 8.85 Å². The summed E-state index contributed by atoms with van der Waals surface area (Å²) < 4.78 is 9.58. The first kappa shape index (κ1) is 14.6. The Balaban J connectivity index is 3.42. The Morgan fingerprint density at radius 3 is 1.62 bits per heavy atom. The molecular formula is C8H18I2O2Si. The minimum atomic E-state index is -1.84. The molecule has 0 spiro atoms. The van der Waals surface area contributed by atoms with Crippen molar-refractivity contribution in [2.24, 2.45) is 0 Å². The van der Waals surface area contributed by atoms with Crippen LogP contribution < -0.4 is 0 Å². The molecule has 0 heterocycles. The fourth-order valence-electron chi connectivity index (χ4n) is 0.712. The fourth-order valence-corrected chi connectivity index (χ4v) is 4.20. The highest BCUT2D eigenvalue weighted by Gasteiger charge is 2.30. The van der Waals surface area contributed by atoms with Gasteiger partial charge in [0.1, 0.15) is 0 Å². The number of hydrogen-bond donors (Lipinski definition) is 0. The summed E-state index contributed by atoms with van der Waals surface area (Å²) in [6, 6.07) is 0. The molecule has 0 bridgehead atoms. The minimum Gasteiger partial charge on any atom is -0.380 e. The molecule has 0 aromatic heterocycles. The van der Waals surface area contributed by atoms with E-state index in [-0.39, 0.29) is 0 Å². The van der Waals surface area contributed by atoms with Crippen molar-refractivity contribution in [3.8, 4) is 0 Å². The summed E-state index contributed by atoms with van der Waals surface area (Å²) in [4.78, 5) is 0. The van der Waals surface area contributed by atoms with E-state index < -0.39 is 3.55 Å². The van der Waals surface area contributed by atoms with E-state index >= 15 is 0 Å². The summed E-state index contributed by atoms with van der Waals surface area (Å²) >= 11 is 4.67. The van der Waals surface area contributed by atoms with Gasteiger partial charge in [-0.1, -0.05) is 26.7 Å². The topological polar surface area (TPSA) is 18.5 Å². The van der Waals surface area contributed by atoms with Gasteiger partial charge in [-0.3, -0.25) is 0 Å². The van der Waals surface area contributed by atoms with Crippen LogP contribution in [0, 0.1) is 0 Å². The maximum atomic E-state index is 5.71. The third kappa shape index (κ3) is 9.89. The van der Waals surface area contributed by atoms with Crippen LogP contribution in [0.1, 0.15) is 39.5 Å². The van der Waals surface area contributed by atoms with E-state index in [1.54, 1.807) is 0 Å². The lowest BCUT2D eigenvalue weighted by molar-refractivity contribution is 0.209. The van der Waals surface area contributed by atoms with E-state index in [0.717, 1.165) is 26.1 Å². The summed E-state index contributed by atoms with van der Waals surface area (Å²) in [6.45, 7) is 6.04. The SMILES string of the molecule is CCCCO[Si](I)(I)OCCCC. The molecule has 0 rings (SSSR count). The van der Waals surface area contributed by atoms with Crippen molar-refractivity contribution >= 4 is 47.1 Å². The summed E-state index contributed by atoms with van der Waals surface area (Å²) in [7, 11) is 0. The van der Waals surface area contributed by atoms with Crippen molar-refractivity contribution in [2.75, 3.05) is 13.2 Å². The highest BCUT2D eigenvalue weighted by atomic mass is 127. The van der Waals surface area contributed by atoms with Gasteiger partial charge in [0.05, 0.1) is 0 Å². The second kappa shape index (κ2) is 8.87. The average Bonchev–Trinajstić information content (AvgIpc) is 2.05. The highest BCUT2D eigenvalue weighted by Crippen LogP contribution is 2.25. The molecule has 0 N–H and O–H groups in total. The number of unbranched alkanes of at least 4 members (excludes halogenated alkanes) is 2. The van der Waals surface area contributed by atoms with Gasteiger partial charge in [0.2, 0.25) is 0 Å². The van der Waals surface area contributed by atoms with Crippen molar-refractivity contribution in [2.45, 2.75) is 39.5 Å². The predicted octanol–water partition coefficient (Wildman–Crippen LogP) is 3.93. The Morgan fingerprint density at radius 1 is 0.923 bits per heavy atom. The Labute approximate surface area is 108 Å². The van der Waals surface area contributed by atoms with Gasteiger partial charge in [-0.25, -0.2) is 0 Å². The first-order valence-electron chi connectivity index (χ1n) is 4.78. The van der Waals surface area contributed by atoms with Crippen LogP contribution in [0.4, 0.5) is 0 Å². The average molecular weight is 428 g/mol. The Hall–Kier alpha value is 1.60. The summed E-state index contributed by atoms with van der Waals surface area (Å²) in [5.41, 5.74) is 0. The van der Waals surface area contributed by atoms with Crippen molar-refractivity contribution in [3.05, 3.63) is 0 Å². The van der Waals surface area contributed by atoms with Crippen LogP contribution in [0.3, 0.4) is 0 Å². The van der Waals surface area contributed by atoms with E-state index in [1.165, 1.54) is 12.8 Å². The molecular weight excluding hydrogens is 410 g/mol. The van der Waals surface area contributed by atoms with Crippen LogP contribution in [0.15, 0.2) is 0 Å². The number of halogens is 2. The maximum Gasteiger partial charge on any atom is 0.476 e. The summed E-state index contributed by atoms with van der Waals surface area (Å²) in [6.07, 6.45) is 4.65. The summed E-state index contributed by atoms with van der Waals surface area (Å²) in [5, 5.41) is 0. The van der Waals surface area contributed by atoms with Gasteiger partial charge in [0.25, 0.3) is 0 Å². The molecule has 80 valence electrons. The standard InChI is InChI=1S/C8H18I2O2Si/c1-3-5-7-11-13(9,10)12-8-6-4-2/h3-8H2,1-2H3. The fraction of sp³-hybridized carbons (Fsp3) is 1.00. The zero-order chi connectivity index (χ0) is 10.2. The molecule has 0 unspecified atom stereocenters. The van der Waals surface area contributed by atoms with E-state index in [0.29, 0.717) is 0 Å². The molecule has 0 saturated carbocycles. The first-order valence-corrected chi connectivity index (χ1v) is 12.8. The smallest absolute Gasteiger partial charge is 0.380 e. The van der Waals surface area contributed by atoms with Crippen LogP contribution in [0.5, 0.6) is 0 Å². The normalized spacial score (nSPS) is 12.0. The molecule has 0 aromatic carbocycles.